The zero-order chi connectivity index (χ0) is 15.5. The van der Waals surface area contributed by atoms with Crippen molar-refractivity contribution in [2.75, 3.05) is 7.11 Å². The molecular weight excluding hydrogens is 285 g/mol. The van der Waals surface area contributed by atoms with Gasteiger partial charge in [-0.3, -0.25) is 0 Å². The molecule has 110 valence electrons. The van der Waals surface area contributed by atoms with E-state index in [0.717, 1.165) is 11.3 Å². The number of hydrogen-bond donors (Lipinski definition) is 0. The molecule has 4 nitrogen and oxygen atoms in total. The Bertz CT molecular complexity index is 761. The second-order valence-electron chi connectivity index (χ2n) is 4.62. The van der Waals surface area contributed by atoms with Crippen LogP contribution < -0.4 is 4.74 Å². The van der Waals surface area contributed by atoms with E-state index in [2.05, 4.69) is 4.99 Å². The fourth-order valence-corrected chi connectivity index (χ4v) is 1.98. The van der Waals surface area contributed by atoms with Crippen LogP contribution in [0, 0.1) is 5.82 Å². The summed E-state index contributed by atoms with van der Waals surface area (Å²) in [6.45, 7) is 0. The van der Waals surface area contributed by atoms with Gasteiger partial charge in [0.15, 0.2) is 5.70 Å². The van der Waals surface area contributed by atoms with Crippen LogP contribution in [0.1, 0.15) is 11.1 Å². The Morgan fingerprint density at radius 3 is 2.41 bits per heavy atom. The summed E-state index contributed by atoms with van der Waals surface area (Å²) in [6.07, 6.45) is 1.62. The Kier molecular flexibility index (Phi) is 3.70. The number of cyclic esters (lactones) is 1. The summed E-state index contributed by atoms with van der Waals surface area (Å²) in [5, 5.41) is 0. The van der Waals surface area contributed by atoms with Crippen LogP contribution in [-0.2, 0) is 9.53 Å². The molecule has 0 aliphatic carbocycles. The maximum Gasteiger partial charge on any atom is 0.363 e. The van der Waals surface area contributed by atoms with Crippen molar-refractivity contribution in [2.24, 2.45) is 4.99 Å². The van der Waals surface area contributed by atoms with Gasteiger partial charge in [0.05, 0.1) is 7.11 Å². The fraction of sp³-hybridized carbons (Fsp3) is 0.0588. The normalized spacial score (nSPS) is 15.6. The van der Waals surface area contributed by atoms with Crippen molar-refractivity contribution in [3.63, 3.8) is 0 Å². The average Bonchev–Trinajstić information content (AvgIpc) is 2.90. The highest BCUT2D eigenvalue weighted by molar-refractivity contribution is 6.12. The van der Waals surface area contributed by atoms with Crippen LogP contribution in [0.15, 0.2) is 59.2 Å². The summed E-state index contributed by atoms with van der Waals surface area (Å²) in [5.41, 5.74) is 1.55. The molecule has 22 heavy (non-hydrogen) atoms. The fourth-order valence-electron chi connectivity index (χ4n) is 1.98. The number of carbonyl (C=O) groups is 1. The highest BCUT2D eigenvalue weighted by atomic mass is 19.1. The number of hydrogen-bond acceptors (Lipinski definition) is 4. The first-order chi connectivity index (χ1) is 10.7. The van der Waals surface area contributed by atoms with Crippen LogP contribution in [0.2, 0.25) is 0 Å². The average molecular weight is 297 g/mol. The van der Waals surface area contributed by atoms with Crippen LogP contribution in [0.3, 0.4) is 0 Å². The molecule has 0 N–H and O–H groups in total. The van der Waals surface area contributed by atoms with Gasteiger partial charge in [-0.2, -0.15) is 0 Å². The van der Waals surface area contributed by atoms with Crippen LogP contribution in [0.4, 0.5) is 4.39 Å². The lowest BCUT2D eigenvalue weighted by atomic mass is 10.2. The van der Waals surface area contributed by atoms with E-state index in [0.29, 0.717) is 5.56 Å². The van der Waals surface area contributed by atoms with Crippen LogP contribution in [0.25, 0.3) is 6.08 Å². The first-order valence-electron chi connectivity index (χ1n) is 6.58. The molecule has 0 spiro atoms. The molecule has 2 aromatic carbocycles. The van der Waals surface area contributed by atoms with Gasteiger partial charge < -0.3 is 9.47 Å². The van der Waals surface area contributed by atoms with Gasteiger partial charge in [-0.1, -0.05) is 12.1 Å². The summed E-state index contributed by atoms with van der Waals surface area (Å²) in [7, 11) is 1.58. The van der Waals surface area contributed by atoms with E-state index >= 15 is 0 Å². The molecule has 0 unspecified atom stereocenters. The van der Waals surface area contributed by atoms with Crippen molar-refractivity contribution in [1.29, 1.82) is 0 Å². The smallest absolute Gasteiger partial charge is 0.363 e. The third-order valence-corrected chi connectivity index (χ3v) is 3.13. The minimum atomic E-state index is -0.532. The predicted molar refractivity (Wildman–Crippen MR) is 80.0 cm³/mol. The van der Waals surface area contributed by atoms with Crippen molar-refractivity contribution in [1.82, 2.24) is 0 Å². The molecule has 5 heteroatoms. The molecule has 0 fully saturated rings. The Labute approximate surface area is 126 Å². The summed E-state index contributed by atoms with van der Waals surface area (Å²) in [6, 6.07) is 12.8. The van der Waals surface area contributed by atoms with E-state index < -0.39 is 5.97 Å². The molecular formula is C17H12FNO3. The molecule has 0 saturated carbocycles. The monoisotopic (exact) mass is 297 g/mol. The molecule has 0 amide bonds. The summed E-state index contributed by atoms with van der Waals surface area (Å²) in [5.74, 6) is 0.00854. The van der Waals surface area contributed by atoms with Crippen molar-refractivity contribution >= 4 is 17.9 Å². The summed E-state index contributed by atoms with van der Waals surface area (Å²) >= 11 is 0. The van der Waals surface area contributed by atoms with Crippen molar-refractivity contribution in [2.45, 2.75) is 0 Å². The molecule has 1 heterocycles. The number of ether oxygens (including phenoxy) is 2. The lowest BCUT2D eigenvalue weighted by molar-refractivity contribution is -0.129. The molecule has 0 saturated heterocycles. The molecule has 2 aromatic rings. The van der Waals surface area contributed by atoms with Gasteiger partial charge in [0.1, 0.15) is 11.6 Å². The van der Waals surface area contributed by atoms with E-state index in [4.69, 9.17) is 9.47 Å². The highest BCUT2D eigenvalue weighted by Crippen LogP contribution is 2.20. The molecule has 1 aliphatic rings. The first-order valence-corrected chi connectivity index (χ1v) is 6.58. The van der Waals surface area contributed by atoms with E-state index in [9.17, 15) is 9.18 Å². The lowest BCUT2D eigenvalue weighted by Gasteiger charge is -1.99. The van der Waals surface area contributed by atoms with Gasteiger partial charge in [0.25, 0.3) is 0 Å². The second kappa shape index (κ2) is 5.81. The number of halogens is 1. The number of benzene rings is 2. The van der Waals surface area contributed by atoms with Crippen molar-refractivity contribution < 1.29 is 18.7 Å². The molecule has 0 aromatic heterocycles. The van der Waals surface area contributed by atoms with Gasteiger partial charge >= 0.3 is 5.97 Å². The zero-order valence-electron chi connectivity index (χ0n) is 11.7. The summed E-state index contributed by atoms with van der Waals surface area (Å²) in [4.78, 5) is 16.0. The second-order valence-corrected chi connectivity index (χ2v) is 4.62. The first kappa shape index (κ1) is 14.0. The van der Waals surface area contributed by atoms with E-state index in [-0.39, 0.29) is 17.4 Å². The Hall–Kier alpha value is -2.95. The topological polar surface area (TPSA) is 47.9 Å². The lowest BCUT2D eigenvalue weighted by Crippen LogP contribution is -2.05. The highest BCUT2D eigenvalue weighted by Gasteiger charge is 2.24. The molecule has 3 rings (SSSR count). The van der Waals surface area contributed by atoms with Crippen molar-refractivity contribution in [3.05, 3.63) is 71.2 Å². The Balaban J connectivity index is 1.88. The quantitative estimate of drug-likeness (QED) is 0.646. The SMILES string of the molecule is COc1ccc(/C=C2/N=C(c3ccc(F)cc3)OC2=O)cc1. The third-order valence-electron chi connectivity index (χ3n) is 3.13. The summed E-state index contributed by atoms with van der Waals surface area (Å²) < 4.78 is 23.1. The Morgan fingerprint density at radius 2 is 1.77 bits per heavy atom. The predicted octanol–water partition coefficient (Wildman–Crippen LogP) is 3.18. The number of esters is 1. The van der Waals surface area contributed by atoms with Crippen LogP contribution in [-0.4, -0.2) is 19.0 Å². The zero-order valence-corrected chi connectivity index (χ0v) is 11.7. The van der Waals surface area contributed by atoms with Gasteiger partial charge in [0.2, 0.25) is 5.90 Å². The molecule has 0 radical (unpaired) electrons. The minimum Gasteiger partial charge on any atom is -0.497 e. The third kappa shape index (κ3) is 2.88. The van der Waals surface area contributed by atoms with Crippen molar-refractivity contribution in [3.8, 4) is 5.75 Å². The van der Waals surface area contributed by atoms with Crippen LogP contribution in [0.5, 0.6) is 5.75 Å². The van der Waals surface area contributed by atoms with Gasteiger partial charge in [0, 0.05) is 5.56 Å². The number of aliphatic imine (C=N–C) groups is 1. The number of rotatable bonds is 3. The maximum atomic E-state index is 12.9. The van der Waals surface area contributed by atoms with E-state index in [1.807, 2.05) is 12.1 Å². The Morgan fingerprint density at radius 1 is 1.09 bits per heavy atom. The van der Waals surface area contributed by atoms with Crippen LogP contribution >= 0.6 is 0 Å². The largest absolute Gasteiger partial charge is 0.497 e. The van der Waals surface area contributed by atoms with Gasteiger partial charge in [-0.15, -0.1) is 0 Å². The van der Waals surface area contributed by atoms with E-state index in [1.165, 1.54) is 24.3 Å². The minimum absolute atomic E-state index is 0.171. The number of methoxy groups -OCH3 is 1. The molecule has 1 aliphatic heterocycles. The maximum absolute atomic E-state index is 12.9. The van der Waals surface area contributed by atoms with Gasteiger partial charge in [-0.05, 0) is 48.0 Å². The molecule has 0 bridgehead atoms. The van der Waals surface area contributed by atoms with Gasteiger partial charge in [-0.25, -0.2) is 14.2 Å². The number of carbonyl (C=O) groups excluding carboxylic acids is 1. The standard InChI is InChI=1S/C17H12FNO3/c1-21-14-8-2-11(3-9-14)10-15-17(20)22-16(19-15)12-4-6-13(18)7-5-12/h2-10H,1H3/b15-10+. The molecule has 0 atom stereocenters. The number of nitrogens with zero attached hydrogens (tertiary/aromatic N) is 1. The van der Waals surface area contributed by atoms with E-state index in [1.54, 1.807) is 25.3 Å².